The monoisotopic (exact) mass is 271 g/mol. The van der Waals surface area contributed by atoms with Crippen molar-refractivity contribution in [3.05, 3.63) is 71.8 Å². The smallest absolute Gasteiger partial charge is 0.155 e. The minimum absolute atomic E-state index is 0.927. The Morgan fingerprint density at radius 1 is 0.762 bits per heavy atom. The first-order valence-corrected chi connectivity index (χ1v) is 7.18. The van der Waals surface area contributed by atoms with Crippen molar-refractivity contribution in [3.63, 3.8) is 0 Å². The normalized spacial score (nSPS) is 13.0. The van der Waals surface area contributed by atoms with Gasteiger partial charge in [-0.25, -0.2) is 0 Å². The number of nitrogens with one attached hydrogen (secondary N) is 1. The molecular weight excluding hydrogens is 258 g/mol. The van der Waals surface area contributed by atoms with Crippen molar-refractivity contribution in [1.82, 2.24) is 4.98 Å². The second-order valence-corrected chi connectivity index (χ2v) is 5.53. The fraction of sp³-hybridized carbons (Fsp3) is 0.0526. The topological polar surface area (TPSA) is 25.0 Å². The predicted molar refractivity (Wildman–Crippen MR) is 85.1 cm³/mol. The quantitative estimate of drug-likeness (QED) is 0.420. The number of hydrogen-bond acceptors (Lipinski definition) is 1. The molecule has 0 radical (unpaired) electrons. The van der Waals surface area contributed by atoms with Crippen molar-refractivity contribution in [2.75, 3.05) is 0 Å². The van der Waals surface area contributed by atoms with Gasteiger partial charge in [0.05, 0.1) is 5.52 Å². The first-order valence-electron chi connectivity index (χ1n) is 7.18. The lowest BCUT2D eigenvalue weighted by Gasteiger charge is -2.20. The van der Waals surface area contributed by atoms with Crippen molar-refractivity contribution in [2.45, 2.75) is 6.42 Å². The maximum Gasteiger partial charge on any atom is 0.155 e. The average Bonchev–Trinajstić information content (AvgIpc) is 2.92. The van der Waals surface area contributed by atoms with Crippen LogP contribution in [0, 0.1) is 0 Å². The summed E-state index contributed by atoms with van der Waals surface area (Å²) in [5.74, 6) is 1.94. The molecule has 2 heteroatoms. The van der Waals surface area contributed by atoms with Crippen LogP contribution >= 0.6 is 0 Å². The summed E-state index contributed by atoms with van der Waals surface area (Å²) >= 11 is 0. The van der Waals surface area contributed by atoms with E-state index in [1.165, 1.54) is 21.9 Å². The number of ether oxygens (including phenoxy) is 1. The van der Waals surface area contributed by atoms with Gasteiger partial charge in [-0.05, 0) is 17.7 Å². The largest absolute Gasteiger partial charge is 0.455 e. The van der Waals surface area contributed by atoms with Gasteiger partial charge >= 0.3 is 0 Å². The van der Waals surface area contributed by atoms with E-state index in [0.29, 0.717) is 0 Å². The van der Waals surface area contributed by atoms with E-state index in [2.05, 4.69) is 53.5 Å². The van der Waals surface area contributed by atoms with E-state index in [-0.39, 0.29) is 0 Å². The first-order chi connectivity index (χ1) is 10.4. The summed E-state index contributed by atoms with van der Waals surface area (Å²) in [5, 5.41) is 2.47. The zero-order chi connectivity index (χ0) is 13.8. The number of aromatic nitrogens is 1. The van der Waals surface area contributed by atoms with Crippen molar-refractivity contribution in [3.8, 4) is 11.5 Å². The zero-order valence-electron chi connectivity index (χ0n) is 11.4. The highest BCUT2D eigenvalue weighted by atomic mass is 16.5. The Labute approximate surface area is 122 Å². The fourth-order valence-corrected chi connectivity index (χ4v) is 3.26. The lowest BCUT2D eigenvalue weighted by atomic mass is 9.99. The molecule has 21 heavy (non-hydrogen) atoms. The Morgan fingerprint density at radius 2 is 1.62 bits per heavy atom. The molecule has 0 atom stereocenters. The molecule has 100 valence electrons. The predicted octanol–water partition coefficient (Wildman–Crippen LogP) is 5.02. The van der Waals surface area contributed by atoms with Crippen molar-refractivity contribution >= 4 is 21.8 Å². The minimum atomic E-state index is 0.927. The molecular formula is C19H13NO. The molecule has 1 aromatic heterocycles. The van der Waals surface area contributed by atoms with Crippen LogP contribution in [0.4, 0.5) is 0 Å². The van der Waals surface area contributed by atoms with Crippen LogP contribution in [0.25, 0.3) is 21.8 Å². The highest BCUT2D eigenvalue weighted by molar-refractivity contribution is 6.09. The van der Waals surface area contributed by atoms with Crippen LogP contribution in [0.1, 0.15) is 11.1 Å². The number of aromatic amines is 1. The molecule has 0 aliphatic carbocycles. The van der Waals surface area contributed by atoms with E-state index in [9.17, 15) is 0 Å². The summed E-state index contributed by atoms with van der Waals surface area (Å²) in [7, 11) is 0. The van der Waals surface area contributed by atoms with Gasteiger partial charge in [-0.3, -0.25) is 0 Å². The van der Waals surface area contributed by atoms with Gasteiger partial charge in [-0.2, -0.15) is 0 Å². The van der Waals surface area contributed by atoms with Crippen molar-refractivity contribution in [2.24, 2.45) is 0 Å². The lowest BCUT2D eigenvalue weighted by Crippen LogP contribution is -2.03. The third-order valence-electron chi connectivity index (χ3n) is 4.28. The molecule has 5 rings (SSSR count). The summed E-state index contributed by atoms with van der Waals surface area (Å²) in [6.07, 6.45) is 0.927. The Kier molecular flexibility index (Phi) is 2.03. The van der Waals surface area contributed by atoms with Gasteiger partial charge in [-0.15, -0.1) is 0 Å². The van der Waals surface area contributed by atoms with Crippen LogP contribution in [-0.2, 0) is 6.42 Å². The summed E-state index contributed by atoms with van der Waals surface area (Å²) in [4.78, 5) is 3.51. The molecule has 1 N–H and O–H groups in total. The maximum absolute atomic E-state index is 6.19. The van der Waals surface area contributed by atoms with Gasteiger partial charge < -0.3 is 9.72 Å². The summed E-state index contributed by atoms with van der Waals surface area (Å²) < 4.78 is 6.19. The molecule has 1 aliphatic rings. The SMILES string of the molecule is c1ccc2c(c1)Cc1ccc3c([nH]c4ccccc43)c1O2. The van der Waals surface area contributed by atoms with Gasteiger partial charge in [0.15, 0.2) is 5.75 Å². The number of hydrogen-bond donors (Lipinski definition) is 1. The highest BCUT2D eigenvalue weighted by Gasteiger charge is 2.20. The molecule has 1 aliphatic heterocycles. The second-order valence-electron chi connectivity index (χ2n) is 5.53. The Hall–Kier alpha value is -2.74. The van der Waals surface area contributed by atoms with Crippen LogP contribution in [0.5, 0.6) is 11.5 Å². The van der Waals surface area contributed by atoms with Crippen LogP contribution in [0.3, 0.4) is 0 Å². The summed E-state index contributed by atoms with van der Waals surface area (Å²) in [6.45, 7) is 0. The molecule has 0 spiro atoms. The molecule has 2 nitrogen and oxygen atoms in total. The molecule has 0 unspecified atom stereocenters. The molecule has 0 amide bonds. The fourth-order valence-electron chi connectivity index (χ4n) is 3.26. The Balaban J connectivity index is 1.83. The zero-order valence-corrected chi connectivity index (χ0v) is 11.4. The van der Waals surface area contributed by atoms with Gasteiger partial charge in [-0.1, -0.05) is 48.5 Å². The molecule has 0 bridgehead atoms. The van der Waals surface area contributed by atoms with Crippen LogP contribution in [0.15, 0.2) is 60.7 Å². The number of rotatable bonds is 0. The highest BCUT2D eigenvalue weighted by Crippen LogP contribution is 2.42. The average molecular weight is 271 g/mol. The Morgan fingerprint density at radius 3 is 2.62 bits per heavy atom. The number of benzene rings is 3. The van der Waals surface area contributed by atoms with E-state index in [0.717, 1.165) is 29.0 Å². The molecule has 0 fully saturated rings. The molecule has 0 saturated heterocycles. The number of H-pyrrole nitrogens is 1. The van der Waals surface area contributed by atoms with Gasteiger partial charge in [0.2, 0.25) is 0 Å². The second kappa shape index (κ2) is 3.89. The van der Waals surface area contributed by atoms with Crippen LogP contribution in [-0.4, -0.2) is 4.98 Å². The number of fused-ring (bicyclic) bond motifs is 6. The Bertz CT molecular complexity index is 997. The van der Waals surface area contributed by atoms with E-state index >= 15 is 0 Å². The van der Waals surface area contributed by atoms with Gasteiger partial charge in [0.1, 0.15) is 5.75 Å². The molecule has 3 aromatic carbocycles. The standard InChI is InChI=1S/C19H13NO/c1-4-8-17-12(5-1)11-13-9-10-15-14-6-2-3-7-16(14)20-18(15)19(13)21-17/h1-10,20H,11H2. The lowest BCUT2D eigenvalue weighted by molar-refractivity contribution is 0.465. The van der Waals surface area contributed by atoms with Crippen molar-refractivity contribution in [1.29, 1.82) is 0 Å². The van der Waals surface area contributed by atoms with E-state index in [1.807, 2.05) is 12.1 Å². The van der Waals surface area contributed by atoms with Gasteiger partial charge in [0, 0.05) is 28.3 Å². The molecule has 2 heterocycles. The minimum Gasteiger partial charge on any atom is -0.455 e. The van der Waals surface area contributed by atoms with E-state index in [4.69, 9.17) is 4.74 Å². The molecule has 4 aromatic rings. The van der Waals surface area contributed by atoms with E-state index in [1.54, 1.807) is 0 Å². The van der Waals surface area contributed by atoms with Crippen LogP contribution < -0.4 is 4.74 Å². The molecule has 0 saturated carbocycles. The van der Waals surface area contributed by atoms with Crippen molar-refractivity contribution < 1.29 is 4.74 Å². The first kappa shape index (κ1) is 11.0. The van der Waals surface area contributed by atoms with Crippen LogP contribution in [0.2, 0.25) is 0 Å². The number of para-hydroxylation sites is 2. The third-order valence-corrected chi connectivity index (χ3v) is 4.28. The third kappa shape index (κ3) is 1.47. The maximum atomic E-state index is 6.19. The van der Waals surface area contributed by atoms with Gasteiger partial charge in [0.25, 0.3) is 0 Å². The summed E-state index contributed by atoms with van der Waals surface area (Å²) in [5.41, 5.74) is 4.75. The summed E-state index contributed by atoms with van der Waals surface area (Å²) in [6, 6.07) is 21.0. The van der Waals surface area contributed by atoms with E-state index < -0.39 is 0 Å².